The first-order valence-corrected chi connectivity index (χ1v) is 14.0. The third kappa shape index (κ3) is 7.02. The van der Waals surface area contributed by atoms with Gasteiger partial charge in [0.05, 0.1) is 12.5 Å². The van der Waals surface area contributed by atoms with Gasteiger partial charge in [-0.3, -0.25) is 9.59 Å². The molecule has 0 spiro atoms. The van der Waals surface area contributed by atoms with E-state index in [0.29, 0.717) is 18.0 Å². The summed E-state index contributed by atoms with van der Waals surface area (Å²) in [5.74, 6) is 0.299. The number of fused-ring (bicyclic) bond motifs is 1. The Morgan fingerprint density at radius 1 is 1.05 bits per heavy atom. The zero-order chi connectivity index (χ0) is 27.9. The minimum absolute atomic E-state index is 0.0762. The number of anilines is 2. The normalized spacial score (nSPS) is 19.4. The Balaban J connectivity index is 1.49. The van der Waals surface area contributed by atoms with E-state index in [-0.39, 0.29) is 43.0 Å². The Morgan fingerprint density at radius 2 is 1.74 bits per heavy atom. The van der Waals surface area contributed by atoms with E-state index >= 15 is 0 Å². The van der Waals surface area contributed by atoms with E-state index in [1.807, 2.05) is 37.3 Å². The van der Waals surface area contributed by atoms with Gasteiger partial charge in [0.15, 0.2) is 0 Å². The molecule has 1 heterocycles. The summed E-state index contributed by atoms with van der Waals surface area (Å²) in [6, 6.07) is 13.1. The number of rotatable bonds is 10. The summed E-state index contributed by atoms with van der Waals surface area (Å²) in [6.07, 6.45) is 5.76. The van der Waals surface area contributed by atoms with Crippen molar-refractivity contribution in [1.29, 1.82) is 0 Å². The van der Waals surface area contributed by atoms with Gasteiger partial charge in [0, 0.05) is 48.6 Å². The second-order valence-electron chi connectivity index (χ2n) is 10.6. The number of carbonyl (C=O) groups excluding carboxylic acids is 2. The number of benzene rings is 2. The minimum Gasteiger partial charge on any atom is -0.487 e. The van der Waals surface area contributed by atoms with Gasteiger partial charge in [0.2, 0.25) is 0 Å². The van der Waals surface area contributed by atoms with Crippen molar-refractivity contribution in [3.63, 3.8) is 0 Å². The van der Waals surface area contributed by atoms with Crippen LogP contribution in [-0.4, -0.2) is 60.2 Å². The quantitative estimate of drug-likeness (QED) is 0.327. The summed E-state index contributed by atoms with van der Waals surface area (Å²) < 4.78 is 6.55. The number of ether oxygens (including phenoxy) is 1. The van der Waals surface area contributed by atoms with E-state index < -0.39 is 5.97 Å². The zero-order valence-electron chi connectivity index (χ0n) is 23.0. The van der Waals surface area contributed by atoms with E-state index in [0.717, 1.165) is 35.5 Å². The van der Waals surface area contributed by atoms with Gasteiger partial charge in [-0.1, -0.05) is 26.2 Å². The van der Waals surface area contributed by atoms with Crippen molar-refractivity contribution < 1.29 is 24.2 Å². The van der Waals surface area contributed by atoms with Gasteiger partial charge in [-0.25, -0.2) is 4.79 Å². The summed E-state index contributed by atoms with van der Waals surface area (Å²) in [5, 5.41) is 18.3. The van der Waals surface area contributed by atoms with Crippen molar-refractivity contribution in [2.45, 2.75) is 70.4 Å². The number of carbonyl (C=O) groups is 3. The maximum absolute atomic E-state index is 12.7. The van der Waals surface area contributed by atoms with E-state index in [4.69, 9.17) is 9.84 Å². The minimum atomic E-state index is -0.928. The molecule has 4 rings (SSSR count). The molecule has 0 bridgehead atoms. The number of amides is 3. The van der Waals surface area contributed by atoms with Gasteiger partial charge in [-0.05, 0) is 68.1 Å². The standard InChI is InChI=1S/C30H40N4O5/c1-4-31-30(38)33-23-14-15-25-24(18-23)19(2)28(39-25)27(20-8-6-5-7-9-20)32-22-12-10-21(11-13-22)29(37)34(3)17-16-26(35)36/h10-15,18-20,27-28,32H,4-9,16-17H2,1-3H3,(H,35,36)(H2,31,33,38). The van der Waals surface area contributed by atoms with Crippen LogP contribution in [-0.2, 0) is 4.79 Å². The third-order valence-corrected chi connectivity index (χ3v) is 7.84. The van der Waals surface area contributed by atoms with Crippen LogP contribution >= 0.6 is 0 Å². The fourth-order valence-corrected chi connectivity index (χ4v) is 5.68. The third-order valence-electron chi connectivity index (χ3n) is 7.84. The van der Waals surface area contributed by atoms with Crippen LogP contribution in [0.2, 0.25) is 0 Å². The molecule has 3 amide bonds. The number of aliphatic carboxylic acids is 1. The Labute approximate surface area is 230 Å². The lowest BCUT2D eigenvalue weighted by Gasteiger charge is -2.36. The smallest absolute Gasteiger partial charge is 0.319 e. The van der Waals surface area contributed by atoms with Crippen molar-refractivity contribution in [2.24, 2.45) is 5.92 Å². The maximum Gasteiger partial charge on any atom is 0.319 e. The van der Waals surface area contributed by atoms with Gasteiger partial charge in [0.1, 0.15) is 11.9 Å². The second-order valence-corrected chi connectivity index (χ2v) is 10.6. The van der Waals surface area contributed by atoms with Crippen LogP contribution in [0.3, 0.4) is 0 Å². The first kappa shape index (κ1) is 28.3. The number of nitrogens with zero attached hydrogens (tertiary/aromatic N) is 1. The predicted molar refractivity (Wildman–Crippen MR) is 152 cm³/mol. The number of nitrogens with one attached hydrogen (secondary N) is 3. The van der Waals surface area contributed by atoms with Crippen molar-refractivity contribution in [2.75, 3.05) is 30.8 Å². The molecular weight excluding hydrogens is 496 g/mol. The highest BCUT2D eigenvalue weighted by Gasteiger charge is 2.41. The van der Waals surface area contributed by atoms with Crippen LogP contribution in [0.4, 0.5) is 16.2 Å². The zero-order valence-corrected chi connectivity index (χ0v) is 23.0. The molecule has 9 nitrogen and oxygen atoms in total. The fraction of sp³-hybridized carbons (Fsp3) is 0.500. The number of carboxylic acid groups (broad SMARTS) is 1. The lowest BCUT2D eigenvalue weighted by atomic mass is 9.78. The highest BCUT2D eigenvalue weighted by molar-refractivity contribution is 5.94. The molecule has 1 aliphatic heterocycles. The van der Waals surface area contributed by atoms with Crippen LogP contribution in [0.25, 0.3) is 0 Å². The van der Waals surface area contributed by atoms with E-state index in [1.54, 1.807) is 19.2 Å². The van der Waals surface area contributed by atoms with Gasteiger partial charge in [-0.2, -0.15) is 0 Å². The molecule has 2 aliphatic rings. The van der Waals surface area contributed by atoms with Crippen LogP contribution < -0.4 is 20.7 Å². The average molecular weight is 537 g/mol. The average Bonchev–Trinajstić information content (AvgIpc) is 3.26. The topological polar surface area (TPSA) is 120 Å². The van der Waals surface area contributed by atoms with Gasteiger partial charge in [0.25, 0.3) is 5.91 Å². The molecule has 3 unspecified atom stereocenters. The summed E-state index contributed by atoms with van der Waals surface area (Å²) in [5.41, 5.74) is 3.27. The van der Waals surface area contributed by atoms with Gasteiger partial charge >= 0.3 is 12.0 Å². The van der Waals surface area contributed by atoms with E-state index in [2.05, 4.69) is 22.9 Å². The van der Waals surface area contributed by atoms with Crippen molar-refractivity contribution in [3.05, 3.63) is 53.6 Å². The van der Waals surface area contributed by atoms with Gasteiger partial charge < -0.3 is 30.7 Å². The molecule has 1 aliphatic carbocycles. The van der Waals surface area contributed by atoms with Crippen LogP contribution in [0, 0.1) is 5.92 Å². The highest BCUT2D eigenvalue weighted by atomic mass is 16.5. The first-order valence-electron chi connectivity index (χ1n) is 14.0. The predicted octanol–water partition coefficient (Wildman–Crippen LogP) is 5.30. The van der Waals surface area contributed by atoms with Crippen LogP contribution in [0.15, 0.2) is 42.5 Å². The largest absolute Gasteiger partial charge is 0.487 e. The summed E-state index contributed by atoms with van der Waals surface area (Å²) in [7, 11) is 1.62. The van der Waals surface area contributed by atoms with Crippen LogP contribution in [0.1, 0.15) is 74.2 Å². The monoisotopic (exact) mass is 536 g/mol. The number of hydrogen-bond donors (Lipinski definition) is 4. The molecule has 2 aromatic carbocycles. The molecule has 210 valence electrons. The summed E-state index contributed by atoms with van der Waals surface area (Å²) in [6.45, 7) is 4.78. The molecular formula is C30H40N4O5. The van der Waals surface area contributed by atoms with Crippen molar-refractivity contribution in [3.8, 4) is 5.75 Å². The summed E-state index contributed by atoms with van der Waals surface area (Å²) in [4.78, 5) is 37.0. The van der Waals surface area contributed by atoms with Crippen molar-refractivity contribution >= 4 is 29.3 Å². The van der Waals surface area contributed by atoms with Gasteiger partial charge in [-0.15, -0.1) is 0 Å². The van der Waals surface area contributed by atoms with E-state index in [9.17, 15) is 14.4 Å². The number of carboxylic acids is 1. The lowest BCUT2D eigenvalue weighted by Crippen LogP contribution is -2.44. The van der Waals surface area contributed by atoms with Crippen LogP contribution in [0.5, 0.6) is 5.75 Å². The van der Waals surface area contributed by atoms with E-state index in [1.165, 1.54) is 24.2 Å². The summed E-state index contributed by atoms with van der Waals surface area (Å²) >= 11 is 0. The Morgan fingerprint density at radius 3 is 2.41 bits per heavy atom. The molecule has 39 heavy (non-hydrogen) atoms. The SMILES string of the molecule is CCNC(=O)Nc1ccc2c(c1)C(C)C(C(Nc1ccc(C(=O)N(C)CCC(=O)O)cc1)C1CCCCC1)O2. The lowest BCUT2D eigenvalue weighted by molar-refractivity contribution is -0.137. The Kier molecular flexibility index (Phi) is 9.32. The number of urea groups is 1. The molecule has 0 saturated heterocycles. The fourth-order valence-electron chi connectivity index (χ4n) is 5.68. The maximum atomic E-state index is 12.7. The number of hydrogen-bond acceptors (Lipinski definition) is 5. The first-order chi connectivity index (χ1) is 18.8. The molecule has 0 radical (unpaired) electrons. The molecule has 1 fully saturated rings. The molecule has 4 N–H and O–H groups in total. The molecule has 9 heteroatoms. The molecule has 2 aromatic rings. The Hall–Kier alpha value is -3.75. The highest BCUT2D eigenvalue weighted by Crippen LogP contribution is 2.44. The molecule has 1 saturated carbocycles. The molecule has 0 aromatic heterocycles. The molecule has 3 atom stereocenters. The Bertz CT molecular complexity index is 1160. The second kappa shape index (κ2) is 12.9. The van der Waals surface area contributed by atoms with Crippen molar-refractivity contribution in [1.82, 2.24) is 10.2 Å².